The molecule has 0 heterocycles. The highest BCUT2D eigenvalue weighted by molar-refractivity contribution is 6.10. The third kappa shape index (κ3) is 5.86. The van der Waals surface area contributed by atoms with Crippen molar-refractivity contribution in [3.05, 3.63) is 107 Å². The average molecular weight is 506 g/mol. The van der Waals surface area contributed by atoms with Gasteiger partial charge in [0.1, 0.15) is 11.6 Å². The third-order valence-corrected chi connectivity index (χ3v) is 5.51. The molecule has 8 nitrogen and oxygen atoms in total. The molecule has 8 heteroatoms. The molecule has 1 amide bonds. The number of fused-ring (bicyclic) bond motifs is 1. The van der Waals surface area contributed by atoms with Crippen LogP contribution in [0.25, 0.3) is 16.8 Å². The molecule has 0 bridgehead atoms. The maximum absolute atomic E-state index is 13.0. The molecule has 188 valence electrons. The Labute approximate surface area is 218 Å². The molecule has 1 N–H and O–H groups in total. The molecular weight excluding hydrogens is 484 g/mol. The molecule has 38 heavy (non-hydrogen) atoms. The van der Waals surface area contributed by atoms with Crippen LogP contribution in [0.5, 0.6) is 11.5 Å². The Kier molecular flexibility index (Phi) is 7.80. The fourth-order valence-corrected chi connectivity index (χ4v) is 3.76. The monoisotopic (exact) mass is 505 g/mol. The summed E-state index contributed by atoms with van der Waals surface area (Å²) < 4.78 is 11.3. The molecule has 4 rings (SSSR count). The lowest BCUT2D eigenvalue weighted by Crippen LogP contribution is -2.22. The van der Waals surface area contributed by atoms with Gasteiger partial charge in [-0.05, 0) is 65.2 Å². The topological polar surface area (TPSA) is 129 Å². The highest BCUT2D eigenvalue weighted by Crippen LogP contribution is 2.31. The number of carbonyl (C=O) groups excluding carboxylic acids is 3. The number of benzene rings is 4. The van der Waals surface area contributed by atoms with E-state index in [2.05, 4.69) is 5.32 Å². The number of carboxylic acids is 1. The molecule has 0 saturated heterocycles. The number of ether oxygens (including phenoxy) is 2. The number of rotatable bonds is 8. The Hall–Kier alpha value is -5.42. The van der Waals surface area contributed by atoms with Gasteiger partial charge in [0.05, 0.1) is 18.1 Å². The van der Waals surface area contributed by atoms with Crippen LogP contribution in [0.1, 0.15) is 33.2 Å². The van der Waals surface area contributed by atoms with Crippen LogP contribution in [0.4, 0.5) is 5.69 Å². The normalized spacial score (nSPS) is 10.9. The third-order valence-electron chi connectivity index (χ3n) is 5.51. The van der Waals surface area contributed by atoms with Gasteiger partial charge in [0, 0.05) is 5.69 Å². The van der Waals surface area contributed by atoms with Crippen molar-refractivity contribution in [1.29, 1.82) is 5.26 Å². The fourth-order valence-electron chi connectivity index (χ4n) is 3.76. The maximum Gasteiger partial charge on any atom is 0.344 e. The smallest absolute Gasteiger partial charge is 0.344 e. The van der Waals surface area contributed by atoms with E-state index in [9.17, 15) is 24.8 Å². The molecule has 0 aliphatic rings. The summed E-state index contributed by atoms with van der Waals surface area (Å²) in [6, 6.07) is 24.8. The zero-order valence-electron chi connectivity index (χ0n) is 20.3. The Bertz CT molecular complexity index is 1610. The lowest BCUT2D eigenvalue weighted by atomic mass is 10.0. The molecule has 0 aliphatic heterocycles. The summed E-state index contributed by atoms with van der Waals surface area (Å²) in [5.41, 5.74) is 0.713. The summed E-state index contributed by atoms with van der Waals surface area (Å²) in [6.07, 6.45) is 1.34. The van der Waals surface area contributed by atoms with Crippen molar-refractivity contribution in [3.8, 4) is 17.6 Å². The molecule has 0 saturated carbocycles. The summed E-state index contributed by atoms with van der Waals surface area (Å²) >= 11 is 0. The highest BCUT2D eigenvalue weighted by atomic mass is 16.6. The van der Waals surface area contributed by atoms with E-state index >= 15 is 0 Å². The molecule has 0 atom stereocenters. The van der Waals surface area contributed by atoms with Gasteiger partial charge in [-0.2, -0.15) is 5.26 Å². The zero-order valence-corrected chi connectivity index (χ0v) is 20.3. The van der Waals surface area contributed by atoms with Crippen LogP contribution >= 0.6 is 0 Å². The van der Waals surface area contributed by atoms with E-state index in [0.29, 0.717) is 11.1 Å². The molecule has 0 aliphatic carbocycles. The second-order valence-electron chi connectivity index (χ2n) is 8.05. The molecule has 0 aromatic heterocycles. The van der Waals surface area contributed by atoms with Crippen molar-refractivity contribution in [2.45, 2.75) is 6.92 Å². The summed E-state index contributed by atoms with van der Waals surface area (Å²) in [5, 5.41) is 24.8. The fraction of sp³-hybridized carbons (Fsp3) is 0.0667. The number of carbonyl (C=O) groups is 3. The van der Waals surface area contributed by atoms with Crippen LogP contribution in [0.3, 0.4) is 0 Å². The minimum atomic E-state index is -1.39. The molecule has 4 aromatic carbocycles. The minimum Gasteiger partial charge on any atom is -0.545 e. The maximum atomic E-state index is 13.0. The second-order valence-corrected chi connectivity index (χ2v) is 8.05. The van der Waals surface area contributed by atoms with Gasteiger partial charge in [-0.25, -0.2) is 4.79 Å². The first-order valence-corrected chi connectivity index (χ1v) is 11.6. The zero-order chi connectivity index (χ0) is 27.1. The number of nitriles is 1. The molecule has 0 unspecified atom stereocenters. The Morgan fingerprint density at radius 2 is 1.71 bits per heavy atom. The van der Waals surface area contributed by atoms with Crippen LogP contribution in [0.15, 0.2) is 90.5 Å². The molecule has 0 fully saturated rings. The highest BCUT2D eigenvalue weighted by Gasteiger charge is 2.16. The van der Waals surface area contributed by atoms with E-state index in [1.54, 1.807) is 31.2 Å². The first kappa shape index (κ1) is 25.7. The largest absolute Gasteiger partial charge is 0.545 e. The van der Waals surface area contributed by atoms with E-state index in [1.165, 1.54) is 36.4 Å². The molecule has 0 spiro atoms. The predicted molar refractivity (Wildman–Crippen MR) is 140 cm³/mol. The average Bonchev–Trinajstić information content (AvgIpc) is 2.92. The van der Waals surface area contributed by atoms with Crippen LogP contribution < -0.4 is 19.9 Å². The quantitative estimate of drug-likeness (QED) is 0.163. The van der Waals surface area contributed by atoms with E-state index in [0.717, 1.165) is 10.8 Å². The van der Waals surface area contributed by atoms with E-state index in [4.69, 9.17) is 9.47 Å². The predicted octanol–water partition coefficient (Wildman–Crippen LogP) is 4.37. The van der Waals surface area contributed by atoms with Gasteiger partial charge in [-0.3, -0.25) is 4.79 Å². The summed E-state index contributed by atoms with van der Waals surface area (Å²) in [4.78, 5) is 36.7. The number of nitrogens with zero attached hydrogens (tertiary/aromatic N) is 1. The molecular formula is C30H21N2O6-. The number of anilines is 1. The van der Waals surface area contributed by atoms with Gasteiger partial charge >= 0.3 is 5.97 Å². The van der Waals surface area contributed by atoms with Crippen molar-refractivity contribution in [3.63, 3.8) is 0 Å². The van der Waals surface area contributed by atoms with Gasteiger partial charge < -0.3 is 24.7 Å². The van der Waals surface area contributed by atoms with Gasteiger partial charge in [-0.1, -0.05) is 54.6 Å². The van der Waals surface area contributed by atoms with E-state index in [-0.39, 0.29) is 34.9 Å². The number of hydrogen-bond acceptors (Lipinski definition) is 7. The van der Waals surface area contributed by atoms with Crippen LogP contribution in [0, 0.1) is 11.3 Å². The number of esters is 1. The Morgan fingerprint density at radius 1 is 0.947 bits per heavy atom. The lowest BCUT2D eigenvalue weighted by molar-refractivity contribution is -0.255. The van der Waals surface area contributed by atoms with Crippen molar-refractivity contribution in [2.24, 2.45) is 0 Å². The SMILES string of the molecule is CCOc1cc(/C=C(\C#N)C(=O)Nc2cccc(C(=O)[O-])c2)ccc1OC(=O)c1cccc2ccccc12. The molecule has 4 aromatic rings. The molecule has 0 radical (unpaired) electrons. The summed E-state index contributed by atoms with van der Waals surface area (Å²) in [7, 11) is 0. The Balaban J connectivity index is 1.58. The summed E-state index contributed by atoms with van der Waals surface area (Å²) in [5.74, 6) is -2.23. The lowest BCUT2D eigenvalue weighted by Gasteiger charge is -2.12. The Morgan fingerprint density at radius 3 is 2.47 bits per heavy atom. The van der Waals surface area contributed by atoms with Crippen LogP contribution in [0.2, 0.25) is 0 Å². The summed E-state index contributed by atoms with van der Waals surface area (Å²) in [6.45, 7) is 2.06. The van der Waals surface area contributed by atoms with Crippen LogP contribution in [-0.4, -0.2) is 24.5 Å². The van der Waals surface area contributed by atoms with Gasteiger partial charge in [-0.15, -0.1) is 0 Å². The van der Waals surface area contributed by atoms with E-state index < -0.39 is 17.8 Å². The van der Waals surface area contributed by atoms with Gasteiger partial charge in [0.15, 0.2) is 11.5 Å². The number of hydrogen-bond donors (Lipinski definition) is 1. The number of amides is 1. The minimum absolute atomic E-state index is 0.111. The van der Waals surface area contributed by atoms with Crippen molar-refractivity contribution >= 4 is 40.4 Å². The van der Waals surface area contributed by atoms with Crippen molar-refractivity contribution < 1.29 is 29.0 Å². The number of carboxylic acid groups (broad SMARTS) is 1. The van der Waals surface area contributed by atoms with Gasteiger partial charge in [0.2, 0.25) is 0 Å². The first-order chi connectivity index (χ1) is 18.4. The van der Waals surface area contributed by atoms with Crippen molar-refractivity contribution in [2.75, 3.05) is 11.9 Å². The number of nitrogens with one attached hydrogen (secondary N) is 1. The van der Waals surface area contributed by atoms with Gasteiger partial charge in [0.25, 0.3) is 5.91 Å². The number of aromatic carboxylic acids is 1. The van der Waals surface area contributed by atoms with Crippen molar-refractivity contribution in [1.82, 2.24) is 0 Å². The van der Waals surface area contributed by atoms with E-state index in [1.807, 2.05) is 36.4 Å². The van der Waals surface area contributed by atoms with Crippen LogP contribution in [-0.2, 0) is 4.79 Å². The standard InChI is InChI=1S/C30H22N2O6/c1-2-37-27-16-19(15-22(18-31)28(33)32-23-10-5-9-21(17-23)29(34)35)13-14-26(27)38-30(36)25-12-6-8-20-7-3-4-11-24(20)25/h3-17H,2H2,1H3,(H,32,33)(H,34,35)/p-1/b22-15+. The first-order valence-electron chi connectivity index (χ1n) is 11.6. The second kappa shape index (κ2) is 11.5.